The van der Waals surface area contributed by atoms with Crippen molar-refractivity contribution in [2.75, 3.05) is 19.8 Å². The lowest BCUT2D eigenvalue weighted by Gasteiger charge is -2.23. The lowest BCUT2D eigenvalue weighted by molar-refractivity contribution is 0.0762. The number of morpholine rings is 1. The minimum atomic E-state index is -0.302. The molecule has 0 aliphatic carbocycles. The van der Waals surface area contributed by atoms with Crippen molar-refractivity contribution < 1.29 is 9.13 Å². The topological polar surface area (TPSA) is 64.9 Å². The number of pyridine rings is 1. The van der Waals surface area contributed by atoms with Crippen molar-refractivity contribution in [1.82, 2.24) is 25.1 Å². The molecule has 2 aromatic heterocycles. The van der Waals surface area contributed by atoms with Crippen LogP contribution in [0.4, 0.5) is 4.39 Å². The molecule has 25 heavy (non-hydrogen) atoms. The monoisotopic (exact) mass is 339 g/mol. The van der Waals surface area contributed by atoms with E-state index < -0.39 is 0 Å². The highest BCUT2D eigenvalue weighted by molar-refractivity contribution is 5.54. The molecule has 1 aromatic carbocycles. The molecule has 4 rings (SSSR count). The van der Waals surface area contributed by atoms with Gasteiger partial charge in [0.05, 0.1) is 18.9 Å². The molecule has 1 aliphatic heterocycles. The lowest BCUT2D eigenvalue weighted by atomic mass is 10.2. The lowest BCUT2D eigenvalue weighted by Crippen LogP contribution is -2.43. The Balaban J connectivity index is 1.73. The van der Waals surface area contributed by atoms with Gasteiger partial charge in [0.2, 0.25) is 0 Å². The summed E-state index contributed by atoms with van der Waals surface area (Å²) >= 11 is 0. The van der Waals surface area contributed by atoms with Gasteiger partial charge in [0.1, 0.15) is 11.6 Å². The Morgan fingerprint density at radius 1 is 1.24 bits per heavy atom. The smallest absolute Gasteiger partial charge is 0.181 e. The van der Waals surface area contributed by atoms with E-state index in [1.807, 2.05) is 18.2 Å². The van der Waals surface area contributed by atoms with Crippen molar-refractivity contribution in [1.29, 1.82) is 0 Å². The number of hydrogen-bond donors (Lipinski definition) is 1. The first-order chi connectivity index (χ1) is 12.3. The molecule has 0 amide bonds. The van der Waals surface area contributed by atoms with Gasteiger partial charge in [0, 0.05) is 37.0 Å². The van der Waals surface area contributed by atoms with Crippen LogP contribution in [0, 0.1) is 5.82 Å². The molecule has 1 N–H and O–H groups in total. The van der Waals surface area contributed by atoms with E-state index >= 15 is 0 Å². The highest BCUT2D eigenvalue weighted by Crippen LogP contribution is 2.19. The normalized spacial score (nSPS) is 17.6. The average Bonchev–Trinajstić information content (AvgIpc) is 3.07. The minimum absolute atomic E-state index is 0.163. The fourth-order valence-electron chi connectivity index (χ4n) is 2.89. The van der Waals surface area contributed by atoms with Crippen molar-refractivity contribution in [3.05, 3.63) is 60.4 Å². The van der Waals surface area contributed by atoms with Crippen LogP contribution in [0.3, 0.4) is 0 Å². The van der Waals surface area contributed by atoms with Crippen molar-refractivity contribution in [2.24, 2.45) is 0 Å². The minimum Gasteiger partial charge on any atom is -0.379 e. The summed E-state index contributed by atoms with van der Waals surface area (Å²) in [5.41, 5.74) is 1.53. The molecule has 0 spiro atoms. The number of nitrogens with one attached hydrogen (secondary N) is 1. The van der Waals surface area contributed by atoms with E-state index in [-0.39, 0.29) is 11.9 Å². The number of rotatable bonds is 4. The second-order valence-electron chi connectivity index (χ2n) is 5.91. The van der Waals surface area contributed by atoms with E-state index in [1.54, 1.807) is 23.1 Å². The van der Waals surface area contributed by atoms with Gasteiger partial charge in [-0.15, -0.1) is 5.10 Å². The van der Waals surface area contributed by atoms with Crippen molar-refractivity contribution in [2.45, 2.75) is 12.5 Å². The Hall–Kier alpha value is -2.64. The molecule has 7 heteroatoms. The predicted octanol–water partition coefficient (Wildman–Crippen LogP) is 2.00. The number of hydrogen-bond acceptors (Lipinski definition) is 5. The molecule has 0 radical (unpaired) electrons. The summed E-state index contributed by atoms with van der Waals surface area (Å²) in [5.74, 6) is 1.06. The summed E-state index contributed by atoms with van der Waals surface area (Å²) in [4.78, 5) is 8.71. The highest BCUT2D eigenvalue weighted by Gasteiger charge is 2.20. The van der Waals surface area contributed by atoms with Crippen LogP contribution >= 0.6 is 0 Å². The van der Waals surface area contributed by atoms with E-state index in [1.165, 1.54) is 12.1 Å². The molecular formula is C18H18FN5O. The van der Waals surface area contributed by atoms with Crippen LogP contribution in [0.2, 0.25) is 0 Å². The van der Waals surface area contributed by atoms with Crippen molar-refractivity contribution in [3.63, 3.8) is 0 Å². The second kappa shape index (κ2) is 7.08. The maximum absolute atomic E-state index is 13.7. The van der Waals surface area contributed by atoms with Crippen LogP contribution in [-0.2, 0) is 11.2 Å². The highest BCUT2D eigenvalue weighted by atomic mass is 19.1. The van der Waals surface area contributed by atoms with Gasteiger partial charge in [-0.3, -0.25) is 4.98 Å². The molecule has 3 aromatic rings. The summed E-state index contributed by atoms with van der Waals surface area (Å²) in [6.45, 7) is 2.16. The molecule has 1 saturated heterocycles. The van der Waals surface area contributed by atoms with E-state index in [0.717, 1.165) is 24.5 Å². The first-order valence-corrected chi connectivity index (χ1v) is 8.23. The first-order valence-electron chi connectivity index (χ1n) is 8.23. The van der Waals surface area contributed by atoms with Crippen LogP contribution in [0.1, 0.15) is 5.82 Å². The Bertz CT molecular complexity index is 846. The third-order valence-electron chi connectivity index (χ3n) is 4.09. The number of benzene rings is 1. The number of ether oxygens (including phenoxy) is 1. The maximum Gasteiger partial charge on any atom is 0.181 e. The number of aromatic nitrogens is 4. The molecular weight excluding hydrogens is 321 g/mol. The fraction of sp³-hybridized carbons (Fsp3) is 0.278. The zero-order valence-electron chi connectivity index (χ0n) is 13.6. The third kappa shape index (κ3) is 3.57. The Kier molecular flexibility index (Phi) is 4.49. The molecule has 128 valence electrons. The van der Waals surface area contributed by atoms with Crippen molar-refractivity contribution >= 4 is 0 Å². The van der Waals surface area contributed by atoms with Crippen LogP contribution in [-0.4, -0.2) is 45.5 Å². The molecule has 1 aliphatic rings. The van der Waals surface area contributed by atoms with E-state index in [2.05, 4.69) is 20.4 Å². The third-order valence-corrected chi connectivity index (χ3v) is 4.09. The van der Waals surface area contributed by atoms with E-state index in [9.17, 15) is 4.39 Å². The molecule has 0 bridgehead atoms. The summed E-state index contributed by atoms with van der Waals surface area (Å²) in [6, 6.07) is 10.2. The largest absolute Gasteiger partial charge is 0.379 e. The maximum atomic E-state index is 13.7. The van der Waals surface area contributed by atoms with Gasteiger partial charge < -0.3 is 10.1 Å². The summed E-state index contributed by atoms with van der Waals surface area (Å²) in [7, 11) is 0. The summed E-state index contributed by atoms with van der Waals surface area (Å²) in [5, 5.41) is 8.02. The summed E-state index contributed by atoms with van der Waals surface area (Å²) in [6.07, 6.45) is 4.05. The van der Waals surface area contributed by atoms with Gasteiger partial charge in [-0.05, 0) is 30.3 Å². The van der Waals surface area contributed by atoms with Crippen molar-refractivity contribution in [3.8, 4) is 17.1 Å². The van der Waals surface area contributed by atoms with Gasteiger partial charge in [-0.1, -0.05) is 6.07 Å². The molecule has 1 atom stereocenters. The molecule has 6 nitrogen and oxygen atoms in total. The summed E-state index contributed by atoms with van der Waals surface area (Å²) < 4.78 is 20.9. The van der Waals surface area contributed by atoms with Gasteiger partial charge in [-0.25, -0.2) is 14.1 Å². The van der Waals surface area contributed by atoms with Gasteiger partial charge >= 0.3 is 0 Å². The Morgan fingerprint density at radius 2 is 2.12 bits per heavy atom. The fourth-order valence-corrected chi connectivity index (χ4v) is 2.89. The number of halogens is 1. The standard InChI is InChI=1S/C18H18FN5O/c19-14-2-1-3-16(10-14)24-17(11-15-12-25-9-8-21-15)22-18(23-24)13-4-6-20-7-5-13/h1-7,10,15,21H,8-9,11-12H2. The van der Waals surface area contributed by atoms with Crippen LogP contribution in [0.25, 0.3) is 17.1 Å². The second-order valence-corrected chi connectivity index (χ2v) is 5.91. The van der Waals surface area contributed by atoms with Gasteiger partial charge in [-0.2, -0.15) is 0 Å². The molecule has 1 fully saturated rings. The molecule has 3 heterocycles. The van der Waals surface area contributed by atoms with Crippen LogP contribution < -0.4 is 5.32 Å². The zero-order valence-corrected chi connectivity index (χ0v) is 13.6. The molecule has 0 saturated carbocycles. The van der Waals surface area contributed by atoms with E-state index in [4.69, 9.17) is 4.74 Å². The zero-order chi connectivity index (χ0) is 17.1. The molecule has 1 unspecified atom stereocenters. The quantitative estimate of drug-likeness (QED) is 0.788. The Morgan fingerprint density at radius 3 is 2.88 bits per heavy atom. The first kappa shape index (κ1) is 15.9. The SMILES string of the molecule is Fc1cccc(-n2nc(-c3ccncc3)nc2CC2COCCN2)c1. The number of nitrogens with zero attached hydrogens (tertiary/aromatic N) is 4. The van der Waals surface area contributed by atoms with Crippen LogP contribution in [0.15, 0.2) is 48.8 Å². The average molecular weight is 339 g/mol. The Labute approximate surface area is 144 Å². The van der Waals surface area contributed by atoms with Crippen LogP contribution in [0.5, 0.6) is 0 Å². The van der Waals surface area contributed by atoms with E-state index in [0.29, 0.717) is 24.5 Å². The van der Waals surface area contributed by atoms with Gasteiger partial charge in [0.15, 0.2) is 5.82 Å². The predicted molar refractivity (Wildman–Crippen MR) is 90.9 cm³/mol. The van der Waals surface area contributed by atoms with Gasteiger partial charge in [0.25, 0.3) is 0 Å².